The van der Waals surface area contributed by atoms with Crippen LogP contribution in [0.2, 0.25) is 0 Å². The fraction of sp³-hybridized carbons (Fsp3) is 0.786. The monoisotopic (exact) mass is 347 g/mol. The smallest absolute Gasteiger partial charge is 0.320 e. The van der Waals surface area contributed by atoms with Gasteiger partial charge in [0.05, 0.1) is 18.4 Å². The van der Waals surface area contributed by atoms with Gasteiger partial charge in [-0.2, -0.15) is 4.94 Å². The number of hydrogen-bond acceptors (Lipinski definition) is 7. The Morgan fingerprint density at radius 2 is 1.50 bits per heavy atom. The second kappa shape index (κ2) is 10.2. The van der Waals surface area contributed by atoms with Crippen molar-refractivity contribution in [2.24, 2.45) is 0 Å². The van der Waals surface area contributed by atoms with Gasteiger partial charge in [0, 0.05) is 6.54 Å². The second-order valence-corrected chi connectivity index (χ2v) is 5.93. The van der Waals surface area contributed by atoms with Gasteiger partial charge in [0.15, 0.2) is 0 Å². The molecular formula is C14H25N3O7. The molecule has 0 saturated carbocycles. The summed E-state index contributed by atoms with van der Waals surface area (Å²) in [5.41, 5.74) is 3.68. The van der Waals surface area contributed by atoms with Gasteiger partial charge in [0.1, 0.15) is 6.54 Å². The highest BCUT2D eigenvalue weighted by molar-refractivity contribution is 5.74. The molecule has 0 aromatic heterocycles. The van der Waals surface area contributed by atoms with Crippen molar-refractivity contribution < 1.29 is 34.6 Å². The van der Waals surface area contributed by atoms with Crippen LogP contribution in [0.3, 0.4) is 0 Å². The van der Waals surface area contributed by atoms with Crippen molar-refractivity contribution in [3.63, 3.8) is 0 Å². The lowest BCUT2D eigenvalue weighted by molar-refractivity contribution is -0.278. The Bertz CT molecular complexity index is 428. The molecule has 0 atom stereocenters. The third kappa shape index (κ3) is 7.21. The van der Waals surface area contributed by atoms with Crippen molar-refractivity contribution in [2.45, 2.75) is 56.9 Å². The number of nitrogens with one attached hydrogen (secondary N) is 2. The Morgan fingerprint density at radius 1 is 0.917 bits per heavy atom. The molecule has 0 aromatic rings. The average molecular weight is 347 g/mol. The molecule has 1 saturated heterocycles. The largest absolute Gasteiger partial charge is 0.481 e. The minimum Gasteiger partial charge on any atom is -0.481 e. The number of rotatable bonds is 6. The maximum absolute atomic E-state index is 11.3. The summed E-state index contributed by atoms with van der Waals surface area (Å²) in [6, 6.07) is 0. The molecule has 1 heterocycles. The highest BCUT2D eigenvalue weighted by atomic mass is 16.8. The van der Waals surface area contributed by atoms with Crippen LogP contribution in [0.4, 0.5) is 0 Å². The fourth-order valence-corrected chi connectivity index (χ4v) is 2.86. The maximum Gasteiger partial charge on any atom is 0.320 e. The van der Waals surface area contributed by atoms with Crippen LogP contribution in [0.25, 0.3) is 0 Å². The molecule has 0 spiro atoms. The number of carbonyl (C=O) groups is 3. The van der Waals surface area contributed by atoms with E-state index in [1.807, 2.05) is 0 Å². The zero-order valence-corrected chi connectivity index (χ0v) is 13.5. The van der Waals surface area contributed by atoms with E-state index in [2.05, 4.69) is 11.0 Å². The van der Waals surface area contributed by atoms with Crippen molar-refractivity contribution in [3.8, 4) is 0 Å². The van der Waals surface area contributed by atoms with E-state index in [1.54, 1.807) is 0 Å². The second-order valence-electron chi connectivity index (χ2n) is 5.93. The number of aliphatic carboxylic acids is 3. The van der Waals surface area contributed by atoms with Crippen LogP contribution >= 0.6 is 0 Å². The molecular weight excluding hydrogens is 322 g/mol. The molecule has 0 amide bonds. The molecule has 1 fully saturated rings. The van der Waals surface area contributed by atoms with Gasteiger partial charge in [-0.25, -0.2) is 5.43 Å². The summed E-state index contributed by atoms with van der Waals surface area (Å²) < 4.78 is 0. The maximum atomic E-state index is 11.3. The first-order valence-electron chi connectivity index (χ1n) is 7.93. The van der Waals surface area contributed by atoms with Gasteiger partial charge in [-0.15, -0.1) is 10.7 Å². The molecule has 1 aliphatic rings. The molecule has 0 unspecified atom stereocenters. The quantitative estimate of drug-likeness (QED) is 0.456. The zero-order chi connectivity index (χ0) is 18.0. The van der Waals surface area contributed by atoms with Crippen LogP contribution in [0.15, 0.2) is 0 Å². The topological polar surface area (TPSA) is 148 Å². The van der Waals surface area contributed by atoms with E-state index in [0.717, 1.165) is 30.7 Å². The highest BCUT2D eigenvalue weighted by Crippen LogP contribution is 2.31. The summed E-state index contributed by atoms with van der Waals surface area (Å²) in [5.74, 6) is -3.67. The van der Waals surface area contributed by atoms with E-state index in [4.69, 9.17) is 10.0 Å². The molecule has 1 aliphatic heterocycles. The summed E-state index contributed by atoms with van der Waals surface area (Å²) in [5, 5.41) is 28.5. The fourth-order valence-electron chi connectivity index (χ4n) is 2.86. The Hall–Kier alpha value is -1.75. The third-order valence-electron chi connectivity index (χ3n) is 3.94. The molecule has 0 radical (unpaired) electrons. The summed E-state index contributed by atoms with van der Waals surface area (Å²) in [7, 11) is 0. The number of hydrazine groups is 1. The standard InChI is InChI=1S/C14H25N3O7/c18-11(19)8-14(9-12(20)21)6-4-2-1-3-5-7-15-16-24-17(14)10-13(22)23/h15-16H,1-10H2,(H,18,19)(H,20,21)(H,22,23). The van der Waals surface area contributed by atoms with Crippen molar-refractivity contribution >= 4 is 17.9 Å². The molecule has 10 nitrogen and oxygen atoms in total. The number of hydroxylamine groups is 2. The van der Waals surface area contributed by atoms with Crippen LogP contribution in [-0.4, -0.2) is 56.9 Å². The predicted octanol–water partition coefficient (Wildman–Crippen LogP) is 0.356. The van der Waals surface area contributed by atoms with Gasteiger partial charge >= 0.3 is 17.9 Å². The summed E-state index contributed by atoms with van der Waals surface area (Å²) in [6.45, 7) is -0.0546. The van der Waals surface area contributed by atoms with Crippen LogP contribution in [0, 0.1) is 0 Å². The summed E-state index contributed by atoms with van der Waals surface area (Å²) in [6.07, 6.45) is 3.38. The molecule has 10 heteroatoms. The SMILES string of the molecule is O=C(O)CN1ONNCCCCCCCC1(CC(=O)O)CC(=O)O. The molecule has 0 aromatic carbocycles. The van der Waals surface area contributed by atoms with E-state index < -0.39 is 42.8 Å². The Morgan fingerprint density at radius 3 is 2.08 bits per heavy atom. The Labute approximate surface area is 139 Å². The van der Waals surface area contributed by atoms with Crippen LogP contribution in [0.5, 0.6) is 0 Å². The first-order chi connectivity index (χ1) is 11.4. The Kier molecular flexibility index (Phi) is 8.61. The van der Waals surface area contributed by atoms with Gasteiger partial charge < -0.3 is 15.3 Å². The van der Waals surface area contributed by atoms with Gasteiger partial charge in [-0.05, 0) is 12.8 Å². The van der Waals surface area contributed by atoms with Gasteiger partial charge in [-0.1, -0.05) is 25.7 Å². The van der Waals surface area contributed by atoms with Crippen molar-refractivity contribution in [2.75, 3.05) is 13.1 Å². The number of carboxylic acids is 3. The van der Waals surface area contributed by atoms with Crippen molar-refractivity contribution in [1.82, 2.24) is 16.1 Å². The zero-order valence-electron chi connectivity index (χ0n) is 13.5. The summed E-state index contributed by atoms with van der Waals surface area (Å²) in [4.78, 5) is 38.9. The van der Waals surface area contributed by atoms with Gasteiger partial charge in [-0.3, -0.25) is 14.4 Å². The van der Waals surface area contributed by atoms with Crippen molar-refractivity contribution in [3.05, 3.63) is 0 Å². The number of carboxylic acid groups (broad SMARTS) is 3. The van der Waals surface area contributed by atoms with Crippen LogP contribution in [-0.2, 0) is 19.3 Å². The lowest BCUT2D eigenvalue weighted by atomic mass is 9.84. The number of hydrogen-bond donors (Lipinski definition) is 5. The lowest BCUT2D eigenvalue weighted by Crippen LogP contribution is -2.56. The van der Waals surface area contributed by atoms with E-state index >= 15 is 0 Å². The Balaban J connectivity index is 3.09. The molecule has 138 valence electrons. The highest BCUT2D eigenvalue weighted by Gasteiger charge is 2.43. The number of nitrogens with zero attached hydrogens (tertiary/aromatic N) is 1. The van der Waals surface area contributed by atoms with E-state index in [1.165, 1.54) is 0 Å². The molecule has 0 bridgehead atoms. The van der Waals surface area contributed by atoms with E-state index in [-0.39, 0.29) is 6.42 Å². The van der Waals surface area contributed by atoms with Gasteiger partial charge in [0.2, 0.25) is 0 Å². The molecule has 5 N–H and O–H groups in total. The van der Waals surface area contributed by atoms with E-state index in [9.17, 15) is 24.6 Å². The first kappa shape index (κ1) is 20.3. The summed E-state index contributed by atoms with van der Waals surface area (Å²) >= 11 is 0. The molecule has 1 rings (SSSR count). The molecule has 24 heavy (non-hydrogen) atoms. The minimum atomic E-state index is -1.45. The minimum absolute atomic E-state index is 0.209. The van der Waals surface area contributed by atoms with Crippen molar-refractivity contribution in [1.29, 1.82) is 0 Å². The van der Waals surface area contributed by atoms with Gasteiger partial charge in [0.25, 0.3) is 0 Å². The lowest BCUT2D eigenvalue weighted by Gasteiger charge is -2.40. The normalized spacial score (nSPS) is 20.5. The first-order valence-corrected chi connectivity index (χ1v) is 7.93. The third-order valence-corrected chi connectivity index (χ3v) is 3.94. The van der Waals surface area contributed by atoms with E-state index in [0.29, 0.717) is 13.0 Å². The van der Waals surface area contributed by atoms with Crippen LogP contribution < -0.4 is 11.0 Å². The van der Waals surface area contributed by atoms with Crippen LogP contribution in [0.1, 0.15) is 51.4 Å². The average Bonchev–Trinajstić information content (AvgIpc) is 2.44. The molecule has 0 aliphatic carbocycles. The predicted molar refractivity (Wildman–Crippen MR) is 81.5 cm³/mol.